The molecule has 0 spiro atoms. The van der Waals surface area contributed by atoms with Crippen LogP contribution in [0.4, 0.5) is 18.9 Å². The fraction of sp³-hybridized carbons (Fsp3) is 0.364. The number of halogens is 3. The minimum atomic E-state index is -4.79. The van der Waals surface area contributed by atoms with Gasteiger partial charge in [0.1, 0.15) is 21.6 Å². The highest BCUT2D eigenvalue weighted by molar-refractivity contribution is 7.78. The molecule has 1 atom stereocenters. The molecule has 2 rings (SSSR count). The summed E-state index contributed by atoms with van der Waals surface area (Å²) < 4.78 is 50.9. The lowest BCUT2D eigenvalue weighted by molar-refractivity contribution is -0.385. The van der Waals surface area contributed by atoms with Gasteiger partial charge in [0, 0.05) is 6.07 Å². The molecule has 0 fully saturated rings. The second-order valence-corrected chi connectivity index (χ2v) is 7.91. The van der Waals surface area contributed by atoms with Crippen molar-refractivity contribution in [2.45, 2.75) is 19.0 Å². The molecule has 0 aliphatic heterocycles. The van der Waals surface area contributed by atoms with Crippen molar-refractivity contribution in [1.82, 2.24) is 0 Å². The maximum atomic E-state index is 13.1. The van der Waals surface area contributed by atoms with E-state index in [1.165, 1.54) is 0 Å². The standard InChI is InChI=1S/C11H9F3N2O3S3/c12-11(13,14)6-4-7(16(17)18)5(2-1-3-15)9-8(6)21-10(20)22(9)19/h4H,1-3,15H2. The lowest BCUT2D eigenvalue weighted by Crippen LogP contribution is -2.09. The normalized spacial score (nSPS) is 12.9. The number of hydrogen-bond acceptors (Lipinski definition) is 6. The highest BCUT2D eigenvalue weighted by atomic mass is 32.2. The third-order valence-corrected chi connectivity index (χ3v) is 6.43. The van der Waals surface area contributed by atoms with Crippen molar-refractivity contribution in [1.29, 1.82) is 0 Å². The van der Waals surface area contributed by atoms with Gasteiger partial charge in [-0.05, 0) is 31.6 Å². The van der Waals surface area contributed by atoms with Crippen molar-refractivity contribution in [2.75, 3.05) is 6.54 Å². The molecule has 1 heterocycles. The maximum Gasteiger partial charge on any atom is 0.420 e. The second kappa shape index (κ2) is 6.16. The molecule has 11 heteroatoms. The monoisotopic (exact) mass is 370 g/mol. The van der Waals surface area contributed by atoms with E-state index in [1.807, 2.05) is 0 Å². The zero-order chi connectivity index (χ0) is 16.7. The van der Waals surface area contributed by atoms with Crippen molar-refractivity contribution >= 4 is 49.4 Å². The average molecular weight is 370 g/mol. The quantitative estimate of drug-likeness (QED) is 0.377. The molecule has 0 aliphatic rings. The smallest absolute Gasteiger partial charge is 0.420 e. The van der Waals surface area contributed by atoms with Crippen LogP contribution in [0.2, 0.25) is 0 Å². The third kappa shape index (κ3) is 2.99. The van der Waals surface area contributed by atoms with Gasteiger partial charge in [-0.1, -0.05) is 0 Å². The topological polar surface area (TPSA) is 92.2 Å². The number of rotatable bonds is 4. The van der Waals surface area contributed by atoms with Crippen LogP contribution in [0.15, 0.2) is 6.07 Å². The molecule has 0 bridgehead atoms. The molecule has 0 radical (unpaired) electrons. The Morgan fingerprint density at radius 3 is 2.59 bits per heavy atom. The van der Waals surface area contributed by atoms with E-state index < -0.39 is 33.1 Å². The molecule has 2 N–H and O–H groups in total. The van der Waals surface area contributed by atoms with E-state index in [0.29, 0.717) is 23.8 Å². The van der Waals surface area contributed by atoms with Crippen molar-refractivity contribution < 1.29 is 22.6 Å². The first-order valence-corrected chi connectivity index (χ1v) is 8.31. The minimum Gasteiger partial charge on any atom is -0.687 e. The van der Waals surface area contributed by atoms with Crippen LogP contribution in [0.25, 0.3) is 9.40 Å². The van der Waals surface area contributed by atoms with Gasteiger partial charge in [0.2, 0.25) is 0 Å². The first-order valence-electron chi connectivity index (χ1n) is 5.93. The van der Waals surface area contributed by atoms with Crippen LogP contribution in [0.1, 0.15) is 17.5 Å². The van der Waals surface area contributed by atoms with Crippen molar-refractivity contribution in [2.24, 2.45) is 5.73 Å². The largest absolute Gasteiger partial charge is 0.687 e. The highest BCUT2D eigenvalue weighted by Gasteiger charge is 2.40. The molecule has 0 aliphatic carbocycles. The van der Waals surface area contributed by atoms with Crippen LogP contribution in [0.3, 0.4) is 0 Å². The number of hydrogen-bond donors (Lipinski definition) is 1. The molecule has 0 saturated heterocycles. The number of nitrogens with two attached hydrogens (primary N) is 1. The van der Waals surface area contributed by atoms with E-state index in [0.717, 1.165) is 0 Å². The predicted octanol–water partition coefficient (Wildman–Crippen LogP) is 4.18. The zero-order valence-corrected chi connectivity index (χ0v) is 13.3. The van der Waals surface area contributed by atoms with Crippen LogP contribution in [-0.2, 0) is 12.6 Å². The molecule has 120 valence electrons. The van der Waals surface area contributed by atoms with Gasteiger partial charge in [0.25, 0.3) is 5.69 Å². The molecule has 1 aromatic heterocycles. The predicted molar refractivity (Wildman–Crippen MR) is 80.3 cm³/mol. The van der Waals surface area contributed by atoms with Gasteiger partial charge in [-0.25, -0.2) is 0 Å². The van der Waals surface area contributed by atoms with Gasteiger partial charge in [0.15, 0.2) is 4.70 Å². The average Bonchev–Trinajstić information content (AvgIpc) is 2.70. The van der Waals surface area contributed by atoms with Crippen molar-refractivity contribution in [3.8, 4) is 0 Å². The summed E-state index contributed by atoms with van der Waals surface area (Å²) in [5.74, 6) is 0. The summed E-state index contributed by atoms with van der Waals surface area (Å²) in [6, 6.07) is 0.489. The summed E-state index contributed by atoms with van der Waals surface area (Å²) >= 11 is 5.39. The van der Waals surface area contributed by atoms with Gasteiger partial charge in [0.05, 0.1) is 10.5 Å². The first-order chi connectivity index (χ1) is 10.2. The van der Waals surface area contributed by atoms with E-state index in [9.17, 15) is 27.8 Å². The molecule has 22 heavy (non-hydrogen) atoms. The van der Waals surface area contributed by atoms with Crippen molar-refractivity contribution in [3.63, 3.8) is 0 Å². The van der Waals surface area contributed by atoms with E-state index in [4.69, 9.17) is 18.0 Å². The van der Waals surface area contributed by atoms with Gasteiger partial charge in [-0.3, -0.25) is 10.1 Å². The third-order valence-electron chi connectivity index (χ3n) is 2.97. The van der Waals surface area contributed by atoms with Crippen LogP contribution in [0, 0.1) is 13.3 Å². The molecule has 0 amide bonds. The highest BCUT2D eigenvalue weighted by Crippen LogP contribution is 2.47. The Bertz CT molecular complexity index is 798. The van der Waals surface area contributed by atoms with Gasteiger partial charge in [-0.15, -0.1) is 10.8 Å². The number of nitro groups is 1. The molecular weight excluding hydrogens is 361 g/mol. The summed E-state index contributed by atoms with van der Waals surface area (Å²) in [5, 5.41) is 11.1. The number of alkyl halides is 3. The Balaban J connectivity index is 2.94. The number of nitrogens with zero attached hydrogens (tertiary/aromatic N) is 1. The number of nitro benzene ring substituents is 1. The van der Waals surface area contributed by atoms with E-state index in [2.05, 4.69) is 0 Å². The van der Waals surface area contributed by atoms with Gasteiger partial charge < -0.3 is 10.3 Å². The van der Waals surface area contributed by atoms with E-state index in [1.54, 1.807) is 0 Å². The van der Waals surface area contributed by atoms with Crippen LogP contribution >= 0.6 is 34.3 Å². The van der Waals surface area contributed by atoms with Crippen molar-refractivity contribution in [3.05, 3.63) is 30.4 Å². The maximum absolute atomic E-state index is 13.1. The Hall–Kier alpha value is -1.14. The van der Waals surface area contributed by atoms with Crippen LogP contribution in [-0.4, -0.2) is 16.0 Å². The van der Waals surface area contributed by atoms with E-state index >= 15 is 0 Å². The summed E-state index contributed by atoms with van der Waals surface area (Å²) in [4.78, 5) is 10.2. The number of benzene rings is 1. The molecule has 2 aromatic rings. The van der Waals surface area contributed by atoms with E-state index in [-0.39, 0.29) is 31.1 Å². The Morgan fingerprint density at radius 2 is 2.09 bits per heavy atom. The number of fused-ring (bicyclic) bond motifs is 1. The lowest BCUT2D eigenvalue weighted by atomic mass is 10.0. The lowest BCUT2D eigenvalue weighted by Gasteiger charge is -2.10. The number of aryl methyl sites for hydroxylation is 1. The molecule has 5 nitrogen and oxygen atoms in total. The fourth-order valence-electron chi connectivity index (χ4n) is 2.06. The summed E-state index contributed by atoms with van der Waals surface area (Å²) in [5.41, 5.74) is 3.50. The Labute approximate surface area is 134 Å². The summed E-state index contributed by atoms with van der Waals surface area (Å²) in [7, 11) is -1.98. The second-order valence-electron chi connectivity index (χ2n) is 4.35. The van der Waals surface area contributed by atoms with Gasteiger partial charge in [-0.2, -0.15) is 13.2 Å². The minimum absolute atomic E-state index is 0.0177. The zero-order valence-electron chi connectivity index (χ0n) is 10.8. The fourth-order valence-corrected chi connectivity index (χ4v) is 5.26. The molecule has 1 unspecified atom stereocenters. The Kier molecular flexibility index (Phi) is 4.82. The summed E-state index contributed by atoms with van der Waals surface area (Å²) in [6.07, 6.45) is -4.39. The molecule has 0 saturated carbocycles. The SMILES string of the molecule is NCCCc1c([N+](=O)[O-])cc(C(F)(F)F)c2sc(=S)[s+]([O-])c12. The Morgan fingerprint density at radius 1 is 1.45 bits per heavy atom. The van der Waals surface area contributed by atoms with Crippen LogP contribution < -0.4 is 5.73 Å². The summed E-state index contributed by atoms with van der Waals surface area (Å²) in [6.45, 7) is 0.206. The molecular formula is C11H9F3N2O3S3. The molecule has 1 aromatic carbocycles. The van der Waals surface area contributed by atoms with Crippen LogP contribution in [0.5, 0.6) is 0 Å². The first kappa shape index (κ1) is 17.2. The van der Waals surface area contributed by atoms with Gasteiger partial charge >= 0.3 is 9.31 Å².